The molecule has 6 heteroatoms. The quantitative estimate of drug-likeness (QED) is 0.401. The van der Waals surface area contributed by atoms with Gasteiger partial charge >= 0.3 is 0 Å². The van der Waals surface area contributed by atoms with E-state index in [9.17, 15) is 9.59 Å². The summed E-state index contributed by atoms with van der Waals surface area (Å²) in [6.45, 7) is 7.91. The summed E-state index contributed by atoms with van der Waals surface area (Å²) in [6.07, 6.45) is 3.75. The molecule has 194 valence electrons. The predicted octanol–water partition coefficient (Wildman–Crippen LogP) is 5.83. The van der Waals surface area contributed by atoms with E-state index in [2.05, 4.69) is 67.4 Å². The van der Waals surface area contributed by atoms with E-state index in [1.54, 1.807) is 12.1 Å². The largest absolute Gasteiger partial charge is 0.486 e. The highest BCUT2D eigenvalue weighted by Gasteiger charge is 2.39. The van der Waals surface area contributed by atoms with Gasteiger partial charge in [0.1, 0.15) is 18.1 Å². The van der Waals surface area contributed by atoms with Crippen LogP contribution < -0.4 is 10.1 Å². The van der Waals surface area contributed by atoms with Gasteiger partial charge in [0.25, 0.3) is 5.91 Å². The Labute approximate surface area is 219 Å². The number of carbonyl (C=O) groups excluding carboxylic acids is 2. The fraction of sp³-hybridized carbons (Fsp3) is 0.419. The van der Waals surface area contributed by atoms with Gasteiger partial charge in [0.05, 0.1) is 6.04 Å². The van der Waals surface area contributed by atoms with Crippen molar-refractivity contribution >= 4 is 11.8 Å². The summed E-state index contributed by atoms with van der Waals surface area (Å²) in [5, 5.41) is 2.90. The van der Waals surface area contributed by atoms with Crippen LogP contribution in [-0.2, 0) is 17.8 Å². The lowest BCUT2D eigenvalue weighted by Crippen LogP contribution is -2.41. The molecule has 1 N–H and O–H groups in total. The van der Waals surface area contributed by atoms with Crippen molar-refractivity contribution in [2.24, 2.45) is 11.8 Å². The Hall–Kier alpha value is -3.54. The van der Waals surface area contributed by atoms with E-state index < -0.39 is 0 Å². The summed E-state index contributed by atoms with van der Waals surface area (Å²) in [5.41, 5.74) is 4.68. The number of nitrogens with zero attached hydrogens (tertiary/aromatic N) is 1. The summed E-state index contributed by atoms with van der Waals surface area (Å²) in [6, 6.07) is 17.9. The van der Waals surface area contributed by atoms with Crippen molar-refractivity contribution in [3.63, 3.8) is 0 Å². The summed E-state index contributed by atoms with van der Waals surface area (Å²) >= 11 is 0. The van der Waals surface area contributed by atoms with Crippen molar-refractivity contribution in [2.75, 3.05) is 13.1 Å². The zero-order chi connectivity index (χ0) is 25.9. The third-order valence-corrected chi connectivity index (χ3v) is 7.19. The lowest BCUT2D eigenvalue weighted by Gasteiger charge is -2.38. The van der Waals surface area contributed by atoms with Gasteiger partial charge in [-0.2, -0.15) is 0 Å². The topological polar surface area (TPSA) is 71.8 Å². The number of nitrogens with one attached hydrogen (secondary N) is 1. The van der Waals surface area contributed by atoms with Crippen molar-refractivity contribution in [1.29, 1.82) is 0 Å². The first-order valence-corrected chi connectivity index (χ1v) is 13.4. The van der Waals surface area contributed by atoms with Gasteiger partial charge in [-0.25, -0.2) is 0 Å². The third-order valence-electron chi connectivity index (χ3n) is 7.19. The minimum atomic E-state index is -0.206. The van der Waals surface area contributed by atoms with Crippen LogP contribution in [-0.4, -0.2) is 29.8 Å². The van der Waals surface area contributed by atoms with Crippen LogP contribution >= 0.6 is 0 Å². The van der Waals surface area contributed by atoms with Gasteiger partial charge in [0.2, 0.25) is 5.91 Å². The average molecular weight is 501 g/mol. The smallest absolute Gasteiger partial charge is 0.286 e. The van der Waals surface area contributed by atoms with Crippen LogP contribution in [0, 0.1) is 18.8 Å². The van der Waals surface area contributed by atoms with E-state index in [1.807, 2.05) is 6.07 Å². The lowest BCUT2D eigenvalue weighted by molar-refractivity contribution is -0.134. The molecule has 1 atom stereocenters. The molecule has 0 spiro atoms. The van der Waals surface area contributed by atoms with Crippen LogP contribution in [0.2, 0.25) is 0 Å². The van der Waals surface area contributed by atoms with Crippen molar-refractivity contribution in [2.45, 2.75) is 59.1 Å². The maximum atomic E-state index is 13.2. The summed E-state index contributed by atoms with van der Waals surface area (Å²) in [5.74, 6) is 2.36. The summed E-state index contributed by atoms with van der Waals surface area (Å²) in [7, 11) is 0. The van der Waals surface area contributed by atoms with Crippen LogP contribution in [0.5, 0.6) is 5.75 Å². The Morgan fingerprint density at radius 2 is 1.95 bits per heavy atom. The fourth-order valence-corrected chi connectivity index (χ4v) is 4.98. The number of hydrogen-bond donors (Lipinski definition) is 1. The van der Waals surface area contributed by atoms with Gasteiger partial charge in [-0.15, -0.1) is 0 Å². The zero-order valence-corrected chi connectivity index (χ0v) is 22.0. The molecule has 2 amide bonds. The fourth-order valence-electron chi connectivity index (χ4n) is 4.98. The van der Waals surface area contributed by atoms with E-state index in [4.69, 9.17) is 9.15 Å². The Morgan fingerprint density at radius 1 is 1.11 bits per heavy atom. The SMILES string of the molecule is Cc1cccc([C@H]2c3cc(OCc4ccc(C(=O)NCCC(C)C)o4)ccc3CCN2C(=O)C2CC2)c1. The van der Waals surface area contributed by atoms with Crippen molar-refractivity contribution in [3.05, 3.63) is 88.4 Å². The Balaban J connectivity index is 1.32. The van der Waals surface area contributed by atoms with Crippen molar-refractivity contribution in [3.8, 4) is 5.75 Å². The van der Waals surface area contributed by atoms with E-state index in [1.165, 1.54) is 11.1 Å². The molecule has 0 bridgehead atoms. The molecule has 0 unspecified atom stereocenters. The first-order valence-electron chi connectivity index (χ1n) is 13.4. The monoisotopic (exact) mass is 500 g/mol. The predicted molar refractivity (Wildman–Crippen MR) is 142 cm³/mol. The molecular weight excluding hydrogens is 464 g/mol. The van der Waals surface area contributed by atoms with E-state index in [0.717, 1.165) is 49.1 Å². The highest BCUT2D eigenvalue weighted by Crippen LogP contribution is 2.41. The van der Waals surface area contributed by atoms with Gasteiger partial charge in [-0.05, 0) is 79.5 Å². The first-order chi connectivity index (χ1) is 17.9. The molecule has 2 aliphatic rings. The second-order valence-electron chi connectivity index (χ2n) is 10.7. The highest BCUT2D eigenvalue weighted by molar-refractivity contribution is 5.91. The maximum absolute atomic E-state index is 13.2. The molecule has 1 aliphatic heterocycles. The van der Waals surface area contributed by atoms with Gasteiger partial charge < -0.3 is 19.4 Å². The normalized spacial score (nSPS) is 17.0. The molecule has 6 nitrogen and oxygen atoms in total. The molecule has 3 aromatic rings. The molecule has 1 fully saturated rings. The van der Waals surface area contributed by atoms with Crippen LogP contribution in [0.1, 0.15) is 77.7 Å². The van der Waals surface area contributed by atoms with Crippen molar-refractivity contribution < 1.29 is 18.7 Å². The van der Waals surface area contributed by atoms with Gasteiger partial charge in [0.15, 0.2) is 5.76 Å². The minimum Gasteiger partial charge on any atom is -0.486 e. The van der Waals surface area contributed by atoms with E-state index in [0.29, 0.717) is 24.0 Å². The first kappa shape index (κ1) is 25.1. The molecule has 2 aromatic carbocycles. The average Bonchev–Trinajstić information content (AvgIpc) is 3.63. The lowest BCUT2D eigenvalue weighted by atomic mass is 9.87. The maximum Gasteiger partial charge on any atom is 0.286 e. The number of hydrogen-bond acceptors (Lipinski definition) is 4. The second-order valence-corrected chi connectivity index (χ2v) is 10.7. The second kappa shape index (κ2) is 10.8. The molecule has 2 heterocycles. The van der Waals surface area contributed by atoms with E-state index >= 15 is 0 Å². The molecule has 0 saturated heterocycles. The number of ether oxygens (including phenoxy) is 1. The number of fused-ring (bicyclic) bond motifs is 1. The zero-order valence-electron chi connectivity index (χ0n) is 22.0. The Bertz CT molecular complexity index is 1270. The van der Waals surface area contributed by atoms with Gasteiger partial charge in [-0.1, -0.05) is 49.7 Å². The van der Waals surface area contributed by atoms with Crippen LogP contribution in [0.3, 0.4) is 0 Å². The molecule has 1 aliphatic carbocycles. The number of benzene rings is 2. The standard InChI is InChI=1S/C31H36N2O4/c1-20(2)13-15-32-30(34)28-12-11-26(37-28)19-36-25-10-9-22-14-16-33(31(35)23-7-8-23)29(27(22)18-25)24-6-4-5-21(3)17-24/h4-6,9-12,17-18,20,23,29H,7-8,13-16,19H2,1-3H3,(H,32,34)/t29-/m0/s1. The van der Waals surface area contributed by atoms with Crippen LogP contribution in [0.15, 0.2) is 59.0 Å². The number of furan rings is 1. The molecule has 5 rings (SSSR count). The number of amides is 2. The number of carbonyl (C=O) groups is 2. The third kappa shape index (κ3) is 5.90. The van der Waals surface area contributed by atoms with Crippen molar-refractivity contribution in [1.82, 2.24) is 10.2 Å². The number of rotatable bonds is 9. The molecular formula is C31H36N2O4. The molecule has 1 aromatic heterocycles. The van der Waals surface area contributed by atoms with Gasteiger partial charge in [-0.3, -0.25) is 9.59 Å². The number of aryl methyl sites for hydroxylation is 1. The molecule has 37 heavy (non-hydrogen) atoms. The van der Waals surface area contributed by atoms with E-state index in [-0.39, 0.29) is 30.4 Å². The van der Waals surface area contributed by atoms with Gasteiger partial charge in [0, 0.05) is 19.0 Å². The molecule has 1 saturated carbocycles. The van der Waals surface area contributed by atoms with Crippen LogP contribution in [0.25, 0.3) is 0 Å². The molecule has 0 radical (unpaired) electrons. The Morgan fingerprint density at radius 3 is 2.70 bits per heavy atom. The minimum absolute atomic E-state index is 0.120. The van der Waals surface area contributed by atoms with Crippen LogP contribution in [0.4, 0.5) is 0 Å². The summed E-state index contributed by atoms with van der Waals surface area (Å²) < 4.78 is 11.8. The Kier molecular flexibility index (Phi) is 7.36. The summed E-state index contributed by atoms with van der Waals surface area (Å²) in [4.78, 5) is 27.6. The highest BCUT2D eigenvalue weighted by atomic mass is 16.5.